The van der Waals surface area contributed by atoms with Crippen LogP contribution < -0.4 is 0 Å². The summed E-state index contributed by atoms with van der Waals surface area (Å²) < 4.78 is 4.88. The van der Waals surface area contributed by atoms with Crippen molar-refractivity contribution in [2.75, 3.05) is 13.2 Å². The zero-order valence-electron chi connectivity index (χ0n) is 8.36. The molecule has 1 aliphatic rings. The van der Waals surface area contributed by atoms with Crippen LogP contribution in [0.4, 0.5) is 4.79 Å². The molecule has 0 aromatic rings. The summed E-state index contributed by atoms with van der Waals surface area (Å²) in [6, 6.07) is -0.199. The van der Waals surface area contributed by atoms with Crippen LogP contribution >= 0.6 is 0 Å². The fourth-order valence-electron chi connectivity index (χ4n) is 1.50. The van der Waals surface area contributed by atoms with Crippen molar-refractivity contribution in [3.63, 3.8) is 0 Å². The second-order valence-corrected chi connectivity index (χ2v) is 3.19. The van der Waals surface area contributed by atoms with Crippen molar-refractivity contribution in [1.29, 1.82) is 0 Å². The maximum Gasteiger partial charge on any atom is 0.410 e. The first-order chi connectivity index (χ1) is 6.69. The highest BCUT2D eigenvalue weighted by atomic mass is 16.6. The lowest BCUT2D eigenvalue weighted by atomic mass is 10.0. The number of Topliss-reactive ketones (excluding diaryl/α,β-unsaturated/α-hetero) is 1. The molecule has 14 heavy (non-hydrogen) atoms. The van der Waals surface area contributed by atoms with Gasteiger partial charge < -0.3 is 9.64 Å². The highest BCUT2D eigenvalue weighted by Gasteiger charge is 2.29. The lowest BCUT2D eigenvalue weighted by Crippen LogP contribution is -2.45. The van der Waals surface area contributed by atoms with Crippen molar-refractivity contribution < 1.29 is 14.3 Å². The molecule has 0 N–H and O–H groups in total. The van der Waals surface area contributed by atoms with E-state index in [4.69, 9.17) is 4.74 Å². The zero-order valence-corrected chi connectivity index (χ0v) is 8.36. The third kappa shape index (κ3) is 2.34. The number of nitrogens with zero attached hydrogens (tertiary/aromatic N) is 1. The molecule has 0 radical (unpaired) electrons. The highest BCUT2D eigenvalue weighted by molar-refractivity contribution is 5.82. The van der Waals surface area contributed by atoms with E-state index in [1.54, 1.807) is 17.9 Å². The van der Waals surface area contributed by atoms with Gasteiger partial charge in [-0.3, -0.25) is 4.79 Å². The molecule has 1 aliphatic heterocycles. The monoisotopic (exact) mass is 197 g/mol. The molecular formula is C10H15NO3. The lowest BCUT2D eigenvalue weighted by Gasteiger charge is -2.31. The van der Waals surface area contributed by atoms with Gasteiger partial charge in [-0.2, -0.15) is 0 Å². The van der Waals surface area contributed by atoms with Crippen LogP contribution in [0.25, 0.3) is 0 Å². The predicted octanol–water partition coefficient (Wildman–Crippen LogP) is 1.36. The molecule has 0 aromatic heterocycles. The van der Waals surface area contributed by atoms with Gasteiger partial charge in [-0.1, -0.05) is 6.08 Å². The molecule has 1 atom stereocenters. The molecule has 1 rings (SSSR count). The fraction of sp³-hybridized carbons (Fsp3) is 0.600. The molecule has 1 unspecified atom stereocenters. The third-order valence-electron chi connectivity index (χ3n) is 2.24. The minimum absolute atomic E-state index is 0.176. The van der Waals surface area contributed by atoms with Gasteiger partial charge in [0, 0.05) is 19.4 Å². The summed E-state index contributed by atoms with van der Waals surface area (Å²) in [6.07, 6.45) is 2.05. The molecule has 1 fully saturated rings. The van der Waals surface area contributed by atoms with Crippen molar-refractivity contribution >= 4 is 11.9 Å². The van der Waals surface area contributed by atoms with Gasteiger partial charge in [0.1, 0.15) is 5.78 Å². The molecule has 0 bridgehead atoms. The van der Waals surface area contributed by atoms with E-state index in [1.807, 2.05) is 0 Å². The van der Waals surface area contributed by atoms with Crippen LogP contribution in [0.1, 0.15) is 19.8 Å². The molecule has 1 amide bonds. The zero-order chi connectivity index (χ0) is 10.6. The van der Waals surface area contributed by atoms with Crippen molar-refractivity contribution in [2.24, 2.45) is 0 Å². The van der Waals surface area contributed by atoms with Crippen molar-refractivity contribution in [2.45, 2.75) is 25.8 Å². The summed E-state index contributed by atoms with van der Waals surface area (Å²) in [4.78, 5) is 24.1. The van der Waals surface area contributed by atoms with Gasteiger partial charge in [0.25, 0.3) is 0 Å². The van der Waals surface area contributed by atoms with E-state index in [0.717, 1.165) is 0 Å². The van der Waals surface area contributed by atoms with E-state index >= 15 is 0 Å². The number of likely N-dealkylation sites (tertiary alicyclic amines) is 1. The number of amides is 1. The first kappa shape index (κ1) is 10.8. The number of hydrogen-bond donors (Lipinski definition) is 0. The second kappa shape index (κ2) is 4.79. The van der Waals surface area contributed by atoms with Gasteiger partial charge in [-0.05, 0) is 6.92 Å². The van der Waals surface area contributed by atoms with Gasteiger partial charge in [-0.15, -0.1) is 6.58 Å². The van der Waals surface area contributed by atoms with Gasteiger partial charge in [0.2, 0.25) is 0 Å². The quantitative estimate of drug-likeness (QED) is 0.628. The van der Waals surface area contributed by atoms with E-state index in [9.17, 15) is 9.59 Å². The van der Waals surface area contributed by atoms with Crippen LogP contribution in [0.5, 0.6) is 0 Å². The summed E-state index contributed by atoms with van der Waals surface area (Å²) in [6.45, 7) is 6.16. The van der Waals surface area contributed by atoms with E-state index in [-0.39, 0.29) is 17.9 Å². The molecular weight excluding hydrogens is 182 g/mol. The van der Waals surface area contributed by atoms with Crippen LogP contribution in [0.3, 0.4) is 0 Å². The Morgan fingerprint density at radius 2 is 2.50 bits per heavy atom. The maximum atomic E-state index is 11.4. The third-order valence-corrected chi connectivity index (χ3v) is 2.24. The summed E-state index contributed by atoms with van der Waals surface area (Å²) in [5.74, 6) is 0.176. The number of carbonyl (C=O) groups excluding carboxylic acids is 2. The largest absolute Gasteiger partial charge is 0.450 e. The number of carbonyl (C=O) groups is 2. The summed E-state index contributed by atoms with van der Waals surface area (Å²) in [5, 5.41) is 0. The minimum atomic E-state index is -0.357. The van der Waals surface area contributed by atoms with Gasteiger partial charge >= 0.3 is 6.09 Å². The first-order valence-corrected chi connectivity index (χ1v) is 4.76. The van der Waals surface area contributed by atoms with E-state index in [0.29, 0.717) is 26.0 Å². The van der Waals surface area contributed by atoms with E-state index in [1.165, 1.54) is 0 Å². The van der Waals surface area contributed by atoms with Crippen LogP contribution in [-0.4, -0.2) is 36.0 Å². The van der Waals surface area contributed by atoms with Crippen LogP contribution in [0.2, 0.25) is 0 Å². The van der Waals surface area contributed by atoms with E-state index in [2.05, 4.69) is 6.58 Å². The second-order valence-electron chi connectivity index (χ2n) is 3.19. The minimum Gasteiger partial charge on any atom is -0.450 e. The van der Waals surface area contributed by atoms with Gasteiger partial charge in [0.15, 0.2) is 0 Å². The first-order valence-electron chi connectivity index (χ1n) is 4.76. The van der Waals surface area contributed by atoms with Crippen molar-refractivity contribution in [3.05, 3.63) is 12.7 Å². The summed E-state index contributed by atoms with van der Waals surface area (Å²) in [7, 11) is 0. The highest BCUT2D eigenvalue weighted by Crippen LogP contribution is 2.16. The average molecular weight is 197 g/mol. The Labute approximate surface area is 83.5 Å². The topological polar surface area (TPSA) is 46.6 Å². The Morgan fingerprint density at radius 1 is 1.79 bits per heavy atom. The Kier molecular flexibility index (Phi) is 3.68. The van der Waals surface area contributed by atoms with Gasteiger partial charge in [0.05, 0.1) is 12.6 Å². The SMILES string of the molecule is C=CC1CC(=O)CCN1C(=O)OCC. The molecule has 0 aromatic carbocycles. The van der Waals surface area contributed by atoms with Crippen molar-refractivity contribution in [1.82, 2.24) is 4.90 Å². The Balaban J connectivity index is 2.62. The smallest absolute Gasteiger partial charge is 0.410 e. The maximum absolute atomic E-state index is 11.4. The molecule has 0 saturated carbocycles. The van der Waals surface area contributed by atoms with Crippen LogP contribution in [0.15, 0.2) is 12.7 Å². The number of piperidine rings is 1. The molecule has 1 heterocycles. The molecule has 1 saturated heterocycles. The van der Waals surface area contributed by atoms with E-state index < -0.39 is 0 Å². The van der Waals surface area contributed by atoms with Crippen molar-refractivity contribution in [3.8, 4) is 0 Å². The Morgan fingerprint density at radius 3 is 3.07 bits per heavy atom. The number of hydrogen-bond acceptors (Lipinski definition) is 3. The van der Waals surface area contributed by atoms with Crippen LogP contribution in [0, 0.1) is 0 Å². The predicted molar refractivity (Wildman–Crippen MR) is 52.0 cm³/mol. The molecule has 4 heteroatoms. The fourth-order valence-corrected chi connectivity index (χ4v) is 1.50. The number of ketones is 1. The average Bonchev–Trinajstić information content (AvgIpc) is 2.17. The normalized spacial score (nSPS) is 21.9. The Bertz CT molecular complexity index is 250. The van der Waals surface area contributed by atoms with Gasteiger partial charge in [-0.25, -0.2) is 4.79 Å². The lowest BCUT2D eigenvalue weighted by molar-refractivity contribution is -0.122. The summed E-state index contributed by atoms with van der Waals surface area (Å²) in [5.41, 5.74) is 0. The number of rotatable bonds is 2. The molecule has 0 spiro atoms. The Hall–Kier alpha value is -1.32. The summed E-state index contributed by atoms with van der Waals surface area (Å²) >= 11 is 0. The molecule has 78 valence electrons. The molecule has 4 nitrogen and oxygen atoms in total. The standard InChI is InChI=1S/C10H15NO3/c1-3-8-7-9(12)5-6-11(8)10(13)14-4-2/h3,8H,1,4-7H2,2H3. The number of ether oxygens (including phenoxy) is 1. The molecule has 0 aliphatic carbocycles. The van der Waals surface area contributed by atoms with Crippen LogP contribution in [-0.2, 0) is 9.53 Å².